The maximum Gasteiger partial charge on any atom is 0.338 e. The van der Waals surface area contributed by atoms with Crippen LogP contribution in [0.25, 0.3) is 0 Å². The molecule has 0 unspecified atom stereocenters. The first kappa shape index (κ1) is 14.5. The van der Waals surface area contributed by atoms with Crippen LogP contribution in [0.15, 0.2) is 11.0 Å². The van der Waals surface area contributed by atoms with E-state index in [1.807, 2.05) is 0 Å². The Labute approximate surface area is 100 Å². The van der Waals surface area contributed by atoms with Crippen LogP contribution in [0.2, 0.25) is 0 Å². The third kappa shape index (κ3) is 2.18. The Bertz CT molecular complexity index is 613. The Morgan fingerprint density at radius 2 is 1.67 bits per heavy atom. The largest absolute Gasteiger partial charge is 0.478 e. The van der Waals surface area contributed by atoms with Crippen LogP contribution in [0.4, 0.5) is 13.2 Å². The molecular weight excluding hydrogens is 275 g/mol. The molecule has 0 amide bonds. The monoisotopic (exact) mass is 283 g/mol. The van der Waals surface area contributed by atoms with Crippen LogP contribution in [-0.2, 0) is 10.0 Å². The number of benzene rings is 1. The van der Waals surface area contributed by atoms with Gasteiger partial charge in [0.1, 0.15) is 4.90 Å². The molecule has 0 aliphatic rings. The summed E-state index contributed by atoms with van der Waals surface area (Å²) in [5.74, 6) is -7.94. The quantitative estimate of drug-likeness (QED) is 0.841. The lowest BCUT2D eigenvalue weighted by Gasteiger charge is -2.13. The summed E-state index contributed by atoms with van der Waals surface area (Å²) in [6, 6.07) is 0.241. The molecule has 0 aliphatic carbocycles. The van der Waals surface area contributed by atoms with Crippen molar-refractivity contribution >= 4 is 16.0 Å². The van der Waals surface area contributed by atoms with Gasteiger partial charge in [-0.15, -0.1) is 0 Å². The minimum atomic E-state index is -4.41. The van der Waals surface area contributed by atoms with Crippen molar-refractivity contribution in [3.8, 4) is 0 Å². The minimum Gasteiger partial charge on any atom is -0.478 e. The van der Waals surface area contributed by atoms with Gasteiger partial charge in [0.05, 0.1) is 5.56 Å². The molecule has 0 aromatic heterocycles. The molecule has 0 saturated heterocycles. The molecule has 0 heterocycles. The number of carboxylic acid groups (broad SMARTS) is 1. The van der Waals surface area contributed by atoms with Crippen molar-refractivity contribution < 1.29 is 31.5 Å². The first-order valence-corrected chi connectivity index (χ1v) is 5.88. The van der Waals surface area contributed by atoms with Gasteiger partial charge in [-0.3, -0.25) is 0 Å². The summed E-state index contributed by atoms with van der Waals surface area (Å²) in [5.41, 5.74) is -1.26. The van der Waals surface area contributed by atoms with Gasteiger partial charge in [0, 0.05) is 14.1 Å². The lowest BCUT2D eigenvalue weighted by molar-refractivity contribution is 0.0690. The average Bonchev–Trinajstić information content (AvgIpc) is 2.25. The molecule has 1 aromatic rings. The van der Waals surface area contributed by atoms with Crippen molar-refractivity contribution in [2.75, 3.05) is 14.1 Å². The van der Waals surface area contributed by atoms with Gasteiger partial charge in [-0.05, 0) is 6.07 Å². The van der Waals surface area contributed by atoms with E-state index in [1.54, 1.807) is 0 Å². The topological polar surface area (TPSA) is 74.7 Å². The van der Waals surface area contributed by atoms with Crippen molar-refractivity contribution in [2.24, 2.45) is 0 Å². The highest BCUT2D eigenvalue weighted by Gasteiger charge is 2.30. The summed E-state index contributed by atoms with van der Waals surface area (Å²) in [7, 11) is -2.34. The fourth-order valence-electron chi connectivity index (χ4n) is 1.12. The van der Waals surface area contributed by atoms with E-state index in [-0.39, 0.29) is 6.07 Å². The smallest absolute Gasteiger partial charge is 0.338 e. The predicted molar refractivity (Wildman–Crippen MR) is 54.1 cm³/mol. The van der Waals surface area contributed by atoms with Crippen LogP contribution in [0.5, 0.6) is 0 Å². The normalized spacial score (nSPS) is 11.9. The van der Waals surface area contributed by atoms with Gasteiger partial charge in [-0.2, -0.15) is 0 Å². The van der Waals surface area contributed by atoms with E-state index < -0.39 is 43.9 Å². The molecule has 5 nitrogen and oxygen atoms in total. The first-order valence-electron chi connectivity index (χ1n) is 4.44. The molecule has 1 N–H and O–H groups in total. The van der Waals surface area contributed by atoms with Gasteiger partial charge < -0.3 is 5.11 Å². The third-order valence-corrected chi connectivity index (χ3v) is 3.92. The van der Waals surface area contributed by atoms with Crippen LogP contribution < -0.4 is 0 Å². The maximum atomic E-state index is 13.3. The summed E-state index contributed by atoms with van der Waals surface area (Å²) in [4.78, 5) is 9.36. The second kappa shape index (κ2) is 4.58. The zero-order valence-electron chi connectivity index (χ0n) is 9.24. The van der Waals surface area contributed by atoms with E-state index >= 15 is 0 Å². The van der Waals surface area contributed by atoms with Crippen LogP contribution in [0.1, 0.15) is 10.4 Å². The number of carboxylic acids is 1. The highest BCUT2D eigenvalue weighted by atomic mass is 32.2. The summed E-state index contributed by atoms with van der Waals surface area (Å²) >= 11 is 0. The van der Waals surface area contributed by atoms with Crippen LogP contribution in [0, 0.1) is 17.5 Å². The Morgan fingerprint density at radius 1 is 1.17 bits per heavy atom. The first-order chi connectivity index (χ1) is 8.10. The molecule has 0 saturated carbocycles. The number of aromatic carboxylic acids is 1. The summed E-state index contributed by atoms with van der Waals surface area (Å²) in [6.45, 7) is 0. The van der Waals surface area contributed by atoms with Gasteiger partial charge in [-0.1, -0.05) is 0 Å². The molecule has 1 rings (SSSR count). The van der Waals surface area contributed by atoms with Crippen LogP contribution >= 0.6 is 0 Å². The lowest BCUT2D eigenvalue weighted by atomic mass is 10.2. The molecule has 18 heavy (non-hydrogen) atoms. The fraction of sp³-hybridized carbons (Fsp3) is 0.222. The van der Waals surface area contributed by atoms with Crippen molar-refractivity contribution in [3.63, 3.8) is 0 Å². The zero-order valence-corrected chi connectivity index (χ0v) is 10.1. The van der Waals surface area contributed by atoms with Gasteiger partial charge in [0.2, 0.25) is 10.0 Å². The van der Waals surface area contributed by atoms with Crippen LogP contribution in [-0.4, -0.2) is 37.9 Å². The molecule has 0 fully saturated rings. The number of carbonyl (C=O) groups is 1. The highest BCUT2D eigenvalue weighted by molar-refractivity contribution is 7.89. The Morgan fingerprint density at radius 3 is 2.06 bits per heavy atom. The highest BCUT2D eigenvalue weighted by Crippen LogP contribution is 2.25. The van der Waals surface area contributed by atoms with Crippen molar-refractivity contribution in [2.45, 2.75) is 4.90 Å². The van der Waals surface area contributed by atoms with E-state index in [9.17, 15) is 26.4 Å². The summed E-state index contributed by atoms with van der Waals surface area (Å²) in [6.07, 6.45) is 0. The van der Waals surface area contributed by atoms with Gasteiger partial charge in [-0.25, -0.2) is 30.7 Å². The standard InChI is InChI=1S/C9H8F3NO4S/c1-13(2)18(16,17)5-3-4(9(14)15)6(10)8(12)7(5)11/h3H,1-2H3,(H,14,15). The Hall–Kier alpha value is -1.61. The maximum absolute atomic E-state index is 13.3. The van der Waals surface area contributed by atoms with Gasteiger partial charge in [0.25, 0.3) is 0 Å². The molecule has 100 valence electrons. The molecule has 0 aliphatic heterocycles. The Kier molecular flexibility index (Phi) is 3.67. The van der Waals surface area contributed by atoms with E-state index in [2.05, 4.69) is 0 Å². The second-order valence-corrected chi connectivity index (χ2v) is 5.58. The minimum absolute atomic E-state index is 0.241. The predicted octanol–water partition coefficient (Wildman–Crippen LogP) is 1.05. The summed E-state index contributed by atoms with van der Waals surface area (Å²) < 4.78 is 63.3. The van der Waals surface area contributed by atoms with Crippen molar-refractivity contribution in [3.05, 3.63) is 29.1 Å². The number of hydrogen-bond acceptors (Lipinski definition) is 3. The number of nitrogens with zero attached hydrogens (tertiary/aromatic N) is 1. The lowest BCUT2D eigenvalue weighted by Crippen LogP contribution is -2.24. The van der Waals surface area contributed by atoms with E-state index in [1.165, 1.54) is 0 Å². The number of halogens is 3. The second-order valence-electron chi connectivity index (χ2n) is 3.46. The SMILES string of the molecule is CN(C)S(=O)(=O)c1cc(C(=O)O)c(F)c(F)c1F. The molecule has 0 bridgehead atoms. The van der Waals surface area contributed by atoms with E-state index in [0.717, 1.165) is 14.1 Å². The number of sulfonamides is 1. The number of hydrogen-bond donors (Lipinski definition) is 1. The molecule has 0 atom stereocenters. The van der Waals surface area contributed by atoms with E-state index in [4.69, 9.17) is 5.11 Å². The Balaban J connectivity index is 3.73. The molecule has 9 heteroatoms. The number of rotatable bonds is 3. The fourth-order valence-corrected chi connectivity index (χ4v) is 2.10. The van der Waals surface area contributed by atoms with Crippen molar-refractivity contribution in [1.82, 2.24) is 4.31 Å². The third-order valence-electron chi connectivity index (χ3n) is 2.10. The molecule has 0 spiro atoms. The molecular formula is C9H8F3NO4S. The van der Waals surface area contributed by atoms with Gasteiger partial charge >= 0.3 is 5.97 Å². The molecule has 0 radical (unpaired) electrons. The average molecular weight is 283 g/mol. The molecule has 1 aromatic carbocycles. The van der Waals surface area contributed by atoms with Gasteiger partial charge in [0.15, 0.2) is 17.5 Å². The van der Waals surface area contributed by atoms with Crippen molar-refractivity contribution in [1.29, 1.82) is 0 Å². The zero-order chi connectivity index (χ0) is 14.2. The summed E-state index contributed by atoms with van der Waals surface area (Å²) in [5, 5.41) is 8.57. The van der Waals surface area contributed by atoms with Crippen LogP contribution in [0.3, 0.4) is 0 Å². The van der Waals surface area contributed by atoms with E-state index in [0.29, 0.717) is 4.31 Å².